The first-order chi connectivity index (χ1) is 3.56. The molecule has 48 valence electrons. The van der Waals surface area contributed by atoms with E-state index in [1.54, 1.807) is 0 Å². The van der Waals surface area contributed by atoms with Crippen LogP contribution in [0.25, 0.3) is 0 Å². The van der Waals surface area contributed by atoms with Gasteiger partial charge in [-0.3, -0.25) is 4.52 Å². The van der Waals surface area contributed by atoms with Gasteiger partial charge in [0.25, 0.3) is 5.92 Å². The van der Waals surface area contributed by atoms with Crippen molar-refractivity contribution in [1.82, 2.24) is 0 Å². The molecule has 0 aromatic carbocycles. The molecule has 5 heteroatoms. The summed E-state index contributed by atoms with van der Waals surface area (Å²) in [6, 6.07) is 0. The third kappa shape index (κ3) is 5.92. The van der Waals surface area contributed by atoms with E-state index in [2.05, 4.69) is 4.52 Å². The highest BCUT2D eigenvalue weighted by Crippen LogP contribution is 2.13. The third-order valence-electron chi connectivity index (χ3n) is 0.371. The molecule has 0 atom stereocenters. The molecule has 0 unspecified atom stereocenters. The van der Waals surface area contributed by atoms with Crippen LogP contribution in [0.3, 0.4) is 0 Å². The average Bonchev–Trinajstić information content (AvgIpc) is 1.59. The molecule has 0 aliphatic rings. The Morgan fingerprint density at radius 2 is 2.25 bits per heavy atom. The second-order valence-corrected chi connectivity index (χ2v) is 1.83. The smallest absolute Gasteiger partial charge is 0.288 e. The maximum atomic E-state index is 11.6. The highest BCUT2D eigenvalue weighted by atomic mass is 31.1. The molecule has 0 heterocycles. The molecule has 0 bridgehead atoms. The van der Waals surface area contributed by atoms with Gasteiger partial charge in [0.05, 0.1) is 0 Å². The van der Waals surface area contributed by atoms with E-state index in [1.807, 2.05) is 0 Å². The van der Waals surface area contributed by atoms with E-state index in [4.69, 9.17) is 0 Å². The van der Waals surface area contributed by atoms with Crippen LogP contribution < -0.4 is 0 Å². The van der Waals surface area contributed by atoms with Crippen molar-refractivity contribution < 1.29 is 17.9 Å². The topological polar surface area (TPSA) is 26.3 Å². The number of halogens is 2. The summed E-state index contributed by atoms with van der Waals surface area (Å²) in [4.78, 5) is 0. The van der Waals surface area contributed by atoms with Gasteiger partial charge in [-0.05, 0) is 0 Å². The Labute approximate surface area is 47.1 Å². The molecule has 0 aromatic rings. The van der Waals surface area contributed by atoms with Gasteiger partial charge in [0.2, 0.25) is 0 Å². The fourth-order valence-corrected chi connectivity index (χ4v) is 0.419. The summed E-state index contributed by atoms with van der Waals surface area (Å²) >= 11 is 0. The van der Waals surface area contributed by atoms with Crippen molar-refractivity contribution >= 4 is 8.69 Å². The molecule has 0 N–H and O–H groups in total. The van der Waals surface area contributed by atoms with Crippen LogP contribution >= 0.6 is 8.69 Å². The van der Waals surface area contributed by atoms with Crippen LogP contribution in [0.5, 0.6) is 0 Å². The molecule has 0 saturated carbocycles. The summed E-state index contributed by atoms with van der Waals surface area (Å²) in [7, 11) is -0.700. The molecule has 0 aliphatic carbocycles. The largest absolute Gasteiger partial charge is 0.327 e. The zero-order valence-corrected chi connectivity index (χ0v) is 5.12. The van der Waals surface area contributed by atoms with Crippen LogP contribution in [-0.4, -0.2) is 12.5 Å². The molecule has 0 fully saturated rings. The quantitative estimate of drug-likeness (QED) is 0.562. The normalized spacial score (nSPS) is 12.4. The highest BCUT2D eigenvalue weighted by Gasteiger charge is 2.20. The fourth-order valence-electron chi connectivity index (χ4n) is 0.140. The highest BCUT2D eigenvalue weighted by molar-refractivity contribution is 7.17. The van der Waals surface area contributed by atoms with Gasteiger partial charge in [0, 0.05) is 6.92 Å². The van der Waals surface area contributed by atoms with Crippen LogP contribution in [0.15, 0.2) is 0 Å². The standard InChI is InChI=1S/C3H5F2O2P/c1-3(4,5)2-7-8-6/h2H2,1H3. The van der Waals surface area contributed by atoms with E-state index < -0.39 is 21.2 Å². The van der Waals surface area contributed by atoms with Gasteiger partial charge in [-0.25, -0.2) is 13.3 Å². The lowest BCUT2D eigenvalue weighted by molar-refractivity contribution is -0.0193. The summed E-state index contributed by atoms with van der Waals surface area (Å²) in [6.07, 6.45) is 0. The summed E-state index contributed by atoms with van der Waals surface area (Å²) in [5.41, 5.74) is 0. The maximum Gasteiger partial charge on any atom is 0.327 e. The average molecular weight is 142 g/mol. The number of hydrogen-bond acceptors (Lipinski definition) is 2. The lowest BCUT2D eigenvalue weighted by Gasteiger charge is -2.04. The Hall–Kier alpha value is -0.0800. The van der Waals surface area contributed by atoms with E-state index in [0.717, 1.165) is 0 Å². The summed E-state index contributed by atoms with van der Waals surface area (Å²) in [5.74, 6) is -2.88. The van der Waals surface area contributed by atoms with Gasteiger partial charge in [-0.1, -0.05) is 0 Å². The first kappa shape index (κ1) is 7.92. The van der Waals surface area contributed by atoms with E-state index in [-0.39, 0.29) is 0 Å². The molecule has 0 aliphatic heterocycles. The monoisotopic (exact) mass is 142 g/mol. The van der Waals surface area contributed by atoms with Crippen molar-refractivity contribution in [2.75, 3.05) is 6.61 Å². The summed E-state index contributed by atoms with van der Waals surface area (Å²) in [6.45, 7) is -0.101. The Morgan fingerprint density at radius 1 is 1.75 bits per heavy atom. The first-order valence-corrected chi connectivity index (χ1v) is 2.62. The van der Waals surface area contributed by atoms with Gasteiger partial charge in [-0.15, -0.1) is 0 Å². The van der Waals surface area contributed by atoms with Gasteiger partial charge in [0.1, 0.15) is 6.61 Å². The molecule has 0 radical (unpaired) electrons. The minimum atomic E-state index is -2.88. The molecule has 2 nitrogen and oxygen atoms in total. The predicted octanol–water partition coefficient (Wildman–Crippen LogP) is 1.86. The second kappa shape index (κ2) is 3.05. The molecule has 0 saturated heterocycles. The van der Waals surface area contributed by atoms with E-state index in [9.17, 15) is 13.3 Å². The Balaban J connectivity index is 3.24. The predicted molar refractivity (Wildman–Crippen MR) is 24.2 cm³/mol. The lowest BCUT2D eigenvalue weighted by atomic mass is 10.4. The van der Waals surface area contributed by atoms with Gasteiger partial charge < -0.3 is 0 Å². The zero-order chi connectivity index (χ0) is 6.62. The van der Waals surface area contributed by atoms with Crippen LogP contribution in [0, 0.1) is 0 Å². The molecule has 0 spiro atoms. The van der Waals surface area contributed by atoms with E-state index in [1.165, 1.54) is 0 Å². The Bertz CT molecular complexity index is 79.8. The van der Waals surface area contributed by atoms with Crippen molar-refractivity contribution in [3.05, 3.63) is 0 Å². The molecular weight excluding hydrogens is 137 g/mol. The molecular formula is C3H5F2O2P. The van der Waals surface area contributed by atoms with Crippen LogP contribution in [-0.2, 0) is 9.09 Å². The summed E-state index contributed by atoms with van der Waals surface area (Å²) in [5, 5.41) is 0. The lowest BCUT2D eigenvalue weighted by Crippen LogP contribution is -2.15. The maximum absolute atomic E-state index is 11.6. The molecule has 8 heavy (non-hydrogen) atoms. The van der Waals surface area contributed by atoms with Crippen molar-refractivity contribution in [2.45, 2.75) is 12.8 Å². The van der Waals surface area contributed by atoms with E-state index in [0.29, 0.717) is 6.92 Å². The fraction of sp³-hybridized carbons (Fsp3) is 1.00. The van der Waals surface area contributed by atoms with Crippen molar-refractivity contribution in [3.63, 3.8) is 0 Å². The number of rotatable bonds is 3. The Kier molecular flexibility index (Phi) is 3.02. The van der Waals surface area contributed by atoms with E-state index >= 15 is 0 Å². The minimum Gasteiger partial charge on any atom is -0.288 e. The van der Waals surface area contributed by atoms with Crippen LogP contribution in [0.4, 0.5) is 8.78 Å². The zero-order valence-electron chi connectivity index (χ0n) is 4.23. The first-order valence-electron chi connectivity index (χ1n) is 1.89. The molecule has 0 aromatic heterocycles. The van der Waals surface area contributed by atoms with Crippen LogP contribution in [0.1, 0.15) is 6.92 Å². The van der Waals surface area contributed by atoms with Gasteiger partial charge in [-0.2, -0.15) is 0 Å². The number of alkyl halides is 2. The van der Waals surface area contributed by atoms with Crippen molar-refractivity contribution in [3.8, 4) is 0 Å². The molecule has 0 amide bonds. The van der Waals surface area contributed by atoms with Crippen LogP contribution in [0.2, 0.25) is 0 Å². The van der Waals surface area contributed by atoms with Gasteiger partial charge in [0.15, 0.2) is 0 Å². The minimum absolute atomic E-state index is 0.693. The SMILES string of the molecule is CC(F)(F)COP=O. The van der Waals surface area contributed by atoms with Crippen molar-refractivity contribution in [1.29, 1.82) is 0 Å². The van der Waals surface area contributed by atoms with Gasteiger partial charge >= 0.3 is 8.69 Å². The second-order valence-electron chi connectivity index (χ2n) is 1.42. The number of hydrogen-bond donors (Lipinski definition) is 0. The molecule has 0 rings (SSSR count). The Morgan fingerprint density at radius 3 is 2.38 bits per heavy atom. The van der Waals surface area contributed by atoms with Crippen molar-refractivity contribution in [2.24, 2.45) is 0 Å². The third-order valence-corrected chi connectivity index (χ3v) is 0.605. The summed E-state index contributed by atoms with van der Waals surface area (Å²) < 4.78 is 36.5.